The first-order valence-electron chi connectivity index (χ1n) is 14.2. The molecule has 8 heteroatoms. The number of nitrogens with one attached hydrogen (secondary N) is 2. The van der Waals surface area contributed by atoms with Gasteiger partial charge in [0.15, 0.2) is 11.6 Å². The molecular weight excluding hydrogens is 545 g/mol. The highest BCUT2D eigenvalue weighted by Gasteiger charge is 2.23. The van der Waals surface area contributed by atoms with E-state index >= 15 is 0 Å². The minimum absolute atomic E-state index is 0.161. The van der Waals surface area contributed by atoms with Crippen LogP contribution in [0.25, 0.3) is 0 Å². The van der Waals surface area contributed by atoms with Crippen LogP contribution in [-0.4, -0.2) is 54.3 Å². The first kappa shape index (κ1) is 32.8. The van der Waals surface area contributed by atoms with Gasteiger partial charge in [-0.15, -0.1) is 0 Å². The quantitative estimate of drug-likeness (QED) is 0.231. The first-order chi connectivity index (χ1) is 20.7. The van der Waals surface area contributed by atoms with Crippen LogP contribution < -0.4 is 10.6 Å². The number of ether oxygens (including phenoxy) is 1. The maximum Gasteiger partial charge on any atom is 0.411 e. The average Bonchev–Trinajstić information content (AvgIpc) is 3.00. The number of carbonyl (C=O) groups excluding carboxylic acids is 2. The average molecular weight is 586 g/mol. The van der Waals surface area contributed by atoms with E-state index in [0.29, 0.717) is 29.8 Å². The fraction of sp³-hybridized carbons (Fsp3) is 0.257. The number of piperidine rings is 1. The molecule has 1 aliphatic rings. The summed E-state index contributed by atoms with van der Waals surface area (Å²) < 4.78 is 19.1. The van der Waals surface area contributed by atoms with Crippen molar-refractivity contribution in [2.75, 3.05) is 26.2 Å². The number of hydrogen-bond acceptors (Lipinski definition) is 5. The van der Waals surface area contributed by atoms with Gasteiger partial charge in [0.25, 0.3) is 5.91 Å². The van der Waals surface area contributed by atoms with E-state index < -0.39 is 17.7 Å². The normalized spacial score (nSPS) is 14.2. The van der Waals surface area contributed by atoms with Crippen molar-refractivity contribution in [1.82, 2.24) is 15.5 Å². The van der Waals surface area contributed by atoms with Crippen LogP contribution in [0.5, 0.6) is 5.75 Å². The molecule has 1 aliphatic heterocycles. The molecule has 0 unspecified atom stereocenters. The molecule has 1 saturated heterocycles. The number of nitrogens with zero attached hydrogens (tertiary/aromatic N) is 1. The summed E-state index contributed by atoms with van der Waals surface area (Å²) in [5.41, 5.74) is 4.16. The molecule has 2 aromatic carbocycles. The minimum Gasteiger partial charge on any atom is -0.505 e. The third-order valence-corrected chi connectivity index (χ3v) is 7.12. The summed E-state index contributed by atoms with van der Waals surface area (Å²) in [5.74, 6) is -1.69. The van der Waals surface area contributed by atoms with Gasteiger partial charge in [0, 0.05) is 31.7 Å². The molecule has 1 fully saturated rings. The van der Waals surface area contributed by atoms with Crippen LogP contribution in [-0.2, 0) is 17.6 Å². The molecule has 0 radical (unpaired) electrons. The van der Waals surface area contributed by atoms with E-state index in [2.05, 4.69) is 66.1 Å². The fourth-order valence-electron chi connectivity index (χ4n) is 4.57. The third-order valence-electron chi connectivity index (χ3n) is 7.12. The Bertz CT molecular complexity index is 1390. The Morgan fingerprint density at radius 2 is 1.70 bits per heavy atom. The lowest BCUT2D eigenvalue weighted by Crippen LogP contribution is -2.40. The second-order valence-electron chi connectivity index (χ2n) is 10.2. The number of benzene rings is 2. The lowest BCUT2D eigenvalue weighted by Gasteiger charge is -2.31. The van der Waals surface area contributed by atoms with Crippen molar-refractivity contribution in [3.63, 3.8) is 0 Å². The lowest BCUT2D eigenvalue weighted by atomic mass is 10.0. The van der Waals surface area contributed by atoms with Gasteiger partial charge < -0.3 is 20.1 Å². The number of aromatic hydroxyl groups is 1. The molecule has 0 spiro atoms. The van der Waals surface area contributed by atoms with Crippen molar-refractivity contribution in [3.8, 4) is 5.75 Å². The molecule has 7 nitrogen and oxygen atoms in total. The van der Waals surface area contributed by atoms with Crippen LogP contribution in [0, 0.1) is 5.82 Å². The van der Waals surface area contributed by atoms with Crippen molar-refractivity contribution in [2.24, 2.45) is 0 Å². The molecule has 0 aliphatic carbocycles. The summed E-state index contributed by atoms with van der Waals surface area (Å²) in [5, 5.41) is 14.8. The summed E-state index contributed by atoms with van der Waals surface area (Å²) in [6.45, 7) is 18.3. The monoisotopic (exact) mass is 585 g/mol. The summed E-state index contributed by atoms with van der Waals surface area (Å²) in [4.78, 5) is 27.1. The van der Waals surface area contributed by atoms with E-state index in [4.69, 9.17) is 4.74 Å². The van der Waals surface area contributed by atoms with E-state index in [0.717, 1.165) is 50.5 Å². The van der Waals surface area contributed by atoms with Gasteiger partial charge in [0.2, 0.25) is 0 Å². The topological polar surface area (TPSA) is 90.9 Å². The predicted octanol–water partition coefficient (Wildman–Crippen LogP) is 6.16. The molecule has 226 valence electrons. The number of hydrogen-bond donors (Lipinski definition) is 3. The Kier molecular flexibility index (Phi) is 12.7. The number of likely N-dealkylation sites (tertiary alicyclic amines) is 1. The number of phenolic OH excluding ortho intramolecular Hbond substituents is 1. The van der Waals surface area contributed by atoms with Crippen molar-refractivity contribution < 1.29 is 23.8 Å². The number of rotatable bonds is 14. The van der Waals surface area contributed by atoms with Gasteiger partial charge in [-0.05, 0) is 72.2 Å². The fourth-order valence-corrected chi connectivity index (χ4v) is 4.57. The molecule has 0 aromatic heterocycles. The zero-order valence-electron chi connectivity index (χ0n) is 24.5. The molecule has 1 heterocycles. The summed E-state index contributed by atoms with van der Waals surface area (Å²) in [7, 11) is 0. The summed E-state index contributed by atoms with van der Waals surface area (Å²) >= 11 is 0. The number of halogens is 1. The van der Waals surface area contributed by atoms with E-state index in [1.807, 2.05) is 0 Å². The Morgan fingerprint density at radius 3 is 2.33 bits per heavy atom. The van der Waals surface area contributed by atoms with Gasteiger partial charge in [-0.1, -0.05) is 74.9 Å². The second-order valence-corrected chi connectivity index (χ2v) is 10.2. The lowest BCUT2D eigenvalue weighted by molar-refractivity contribution is 0.0527. The Morgan fingerprint density at radius 1 is 1.02 bits per heavy atom. The Balaban J connectivity index is 1.36. The largest absolute Gasteiger partial charge is 0.505 e. The summed E-state index contributed by atoms with van der Waals surface area (Å²) in [6.07, 6.45) is 10.7. The zero-order valence-corrected chi connectivity index (χ0v) is 24.5. The highest BCUT2D eigenvalue weighted by molar-refractivity contribution is 5.94. The van der Waals surface area contributed by atoms with Crippen LogP contribution >= 0.6 is 0 Å². The first-order valence-corrected chi connectivity index (χ1v) is 14.2. The number of amides is 2. The van der Waals surface area contributed by atoms with E-state index in [9.17, 15) is 19.1 Å². The SMILES string of the molecule is C=C/C=C\C(=C)C(=C)/C(=C\C=C)NC(=O)OC1CCN(CCc2ccc(CCNC(=O)c3ccc(O)c(F)c3)cc2)CC1. The van der Waals surface area contributed by atoms with Crippen LogP contribution in [0.2, 0.25) is 0 Å². The van der Waals surface area contributed by atoms with Crippen molar-refractivity contribution in [1.29, 1.82) is 0 Å². The van der Waals surface area contributed by atoms with Gasteiger partial charge in [0.1, 0.15) is 6.10 Å². The number of alkyl carbamates (subject to hydrolysis) is 1. The number of carbonyl (C=O) groups is 2. The second kappa shape index (κ2) is 16.7. The van der Waals surface area contributed by atoms with Gasteiger partial charge in [-0.2, -0.15) is 0 Å². The molecule has 0 bridgehead atoms. The molecule has 2 amide bonds. The maximum absolute atomic E-state index is 13.5. The Labute approximate surface area is 253 Å². The Hall–Kier alpha value is -4.69. The van der Waals surface area contributed by atoms with Gasteiger partial charge >= 0.3 is 6.09 Å². The highest BCUT2D eigenvalue weighted by Crippen LogP contribution is 2.19. The van der Waals surface area contributed by atoms with Gasteiger partial charge in [-0.3, -0.25) is 10.1 Å². The van der Waals surface area contributed by atoms with Gasteiger partial charge in [-0.25, -0.2) is 9.18 Å². The van der Waals surface area contributed by atoms with Crippen molar-refractivity contribution >= 4 is 12.0 Å². The minimum atomic E-state index is -0.821. The van der Waals surface area contributed by atoms with Crippen molar-refractivity contribution in [2.45, 2.75) is 31.8 Å². The van der Waals surface area contributed by atoms with Crippen molar-refractivity contribution in [3.05, 3.63) is 139 Å². The molecule has 2 aromatic rings. The van der Waals surface area contributed by atoms with E-state index in [1.165, 1.54) is 17.7 Å². The van der Waals surface area contributed by atoms with E-state index in [-0.39, 0.29) is 17.6 Å². The standard InChI is InChI=1S/C35H40FN3O4/c1-5-7-9-25(3)26(4)32(8-6-2)38-35(42)43-30-18-22-39(23-19-30)21-17-28-12-10-27(11-13-28)16-20-37-34(41)29-14-15-33(40)31(36)24-29/h5-15,24,30,40H,1-4,16-23H2,(H,37,41)(H,38,42)/b9-7-,32-8+. The van der Waals surface area contributed by atoms with Crippen LogP contribution in [0.15, 0.2) is 116 Å². The molecule has 0 saturated carbocycles. The zero-order chi connectivity index (χ0) is 31.2. The smallest absolute Gasteiger partial charge is 0.411 e. The summed E-state index contributed by atoms with van der Waals surface area (Å²) in [6, 6.07) is 11.9. The maximum atomic E-state index is 13.5. The molecular formula is C35H40FN3O4. The van der Waals surface area contributed by atoms with Crippen LogP contribution in [0.3, 0.4) is 0 Å². The van der Waals surface area contributed by atoms with Gasteiger partial charge in [0.05, 0.1) is 5.70 Å². The molecule has 3 N–H and O–H groups in total. The van der Waals surface area contributed by atoms with Crippen LogP contribution in [0.1, 0.15) is 34.3 Å². The third kappa shape index (κ3) is 10.6. The molecule has 0 atom stereocenters. The molecule has 43 heavy (non-hydrogen) atoms. The number of allylic oxidation sites excluding steroid dienone is 6. The number of phenols is 1. The predicted molar refractivity (Wildman–Crippen MR) is 169 cm³/mol. The van der Waals surface area contributed by atoms with Crippen LogP contribution in [0.4, 0.5) is 9.18 Å². The molecule has 3 rings (SSSR count). The highest BCUT2D eigenvalue weighted by atomic mass is 19.1. The van der Waals surface area contributed by atoms with E-state index in [1.54, 1.807) is 30.4 Å².